The number of hydrogen-bond acceptors (Lipinski definition) is 5. The van der Waals surface area contributed by atoms with Crippen LogP contribution in [0.4, 0.5) is 4.39 Å². The maximum atomic E-state index is 13.7. The second-order valence-electron chi connectivity index (χ2n) is 5.98. The monoisotopic (exact) mass is 369 g/mol. The first kappa shape index (κ1) is 18.6. The Kier molecular flexibility index (Phi) is 6.20. The maximum absolute atomic E-state index is 13.7. The lowest BCUT2D eigenvalue weighted by Crippen LogP contribution is -2.12. The first-order valence-corrected chi connectivity index (χ1v) is 8.66. The summed E-state index contributed by atoms with van der Waals surface area (Å²) in [7, 11) is 0. The van der Waals surface area contributed by atoms with Gasteiger partial charge >= 0.3 is 5.97 Å². The first-order valence-electron chi connectivity index (χ1n) is 8.66. The van der Waals surface area contributed by atoms with Gasteiger partial charge in [-0.15, -0.1) is 0 Å². The van der Waals surface area contributed by atoms with Crippen molar-refractivity contribution in [2.24, 2.45) is 0 Å². The molecule has 27 heavy (non-hydrogen) atoms. The highest BCUT2D eigenvalue weighted by Gasteiger charge is 2.12. The van der Waals surface area contributed by atoms with Crippen molar-refractivity contribution < 1.29 is 23.1 Å². The van der Waals surface area contributed by atoms with Crippen LogP contribution in [0.2, 0.25) is 0 Å². The van der Waals surface area contributed by atoms with E-state index in [1.807, 2.05) is 31.2 Å². The smallest absolute Gasteiger partial charge is 0.306 e. The number of hydrogen-bond donors (Lipinski definition) is 0. The fraction of sp³-hybridized carbons (Fsp3) is 0.238. The number of aryl methyl sites for hydroxylation is 2. The van der Waals surface area contributed by atoms with E-state index in [9.17, 15) is 9.18 Å². The molecule has 1 heterocycles. The Morgan fingerprint density at radius 3 is 2.81 bits per heavy atom. The maximum Gasteiger partial charge on any atom is 0.306 e. The minimum atomic E-state index is -0.381. The summed E-state index contributed by atoms with van der Waals surface area (Å²) < 4.78 is 29.9. The Bertz CT molecular complexity index is 906. The summed E-state index contributed by atoms with van der Waals surface area (Å²) in [6, 6.07) is 13.9. The zero-order valence-corrected chi connectivity index (χ0v) is 15.0. The van der Waals surface area contributed by atoms with Crippen LogP contribution < -0.4 is 4.74 Å². The van der Waals surface area contributed by atoms with E-state index in [1.165, 1.54) is 12.3 Å². The molecule has 0 aliphatic heterocycles. The first-order chi connectivity index (χ1) is 13.1. The van der Waals surface area contributed by atoms with Crippen molar-refractivity contribution >= 4 is 5.97 Å². The number of rotatable bonds is 8. The molecular weight excluding hydrogens is 349 g/mol. The molecule has 0 saturated carbocycles. The van der Waals surface area contributed by atoms with Crippen molar-refractivity contribution in [2.75, 3.05) is 13.2 Å². The fourth-order valence-corrected chi connectivity index (χ4v) is 2.51. The molecule has 5 nitrogen and oxygen atoms in total. The topological polar surface area (TPSA) is 61.6 Å². The van der Waals surface area contributed by atoms with Gasteiger partial charge in [0.15, 0.2) is 11.7 Å². The van der Waals surface area contributed by atoms with E-state index in [2.05, 4.69) is 4.98 Å². The predicted molar refractivity (Wildman–Crippen MR) is 97.9 cm³/mol. The molecule has 0 saturated heterocycles. The van der Waals surface area contributed by atoms with Gasteiger partial charge in [-0.25, -0.2) is 9.37 Å². The Hall–Kier alpha value is -3.15. The Labute approximate surface area is 156 Å². The van der Waals surface area contributed by atoms with Crippen molar-refractivity contribution in [3.8, 4) is 17.1 Å². The second kappa shape index (κ2) is 8.98. The van der Waals surface area contributed by atoms with Gasteiger partial charge in [0.05, 0.1) is 18.2 Å². The van der Waals surface area contributed by atoms with Crippen LogP contribution in [0.3, 0.4) is 0 Å². The molecule has 2 aromatic carbocycles. The van der Waals surface area contributed by atoms with Gasteiger partial charge in [-0.3, -0.25) is 4.79 Å². The molecule has 0 bridgehead atoms. The lowest BCUT2D eigenvalue weighted by molar-refractivity contribution is -0.144. The van der Waals surface area contributed by atoms with Crippen LogP contribution >= 0.6 is 0 Å². The van der Waals surface area contributed by atoms with Gasteiger partial charge in [0, 0.05) is 6.42 Å². The number of nitrogens with zero attached hydrogens (tertiary/aromatic N) is 1. The number of esters is 1. The zero-order valence-electron chi connectivity index (χ0n) is 15.0. The third kappa shape index (κ3) is 5.41. The molecule has 0 radical (unpaired) electrons. The predicted octanol–water partition coefficient (Wildman–Crippen LogP) is 4.34. The van der Waals surface area contributed by atoms with Gasteiger partial charge in [-0.1, -0.05) is 24.3 Å². The largest absolute Gasteiger partial charge is 0.490 e. The van der Waals surface area contributed by atoms with Crippen molar-refractivity contribution in [3.63, 3.8) is 0 Å². The molecular formula is C21H20FNO4. The van der Waals surface area contributed by atoms with E-state index >= 15 is 0 Å². The molecule has 1 aromatic heterocycles. The van der Waals surface area contributed by atoms with Crippen LogP contribution in [0.5, 0.6) is 5.75 Å². The summed E-state index contributed by atoms with van der Waals surface area (Å²) in [5.74, 6) is 0.692. The van der Waals surface area contributed by atoms with E-state index in [0.717, 1.165) is 11.3 Å². The third-order valence-corrected chi connectivity index (χ3v) is 3.84. The highest BCUT2D eigenvalue weighted by molar-refractivity contribution is 5.69. The van der Waals surface area contributed by atoms with E-state index in [-0.39, 0.29) is 37.8 Å². The lowest BCUT2D eigenvalue weighted by atomic mass is 10.2. The molecule has 0 amide bonds. The highest BCUT2D eigenvalue weighted by Crippen LogP contribution is 2.23. The molecule has 3 aromatic rings. The Morgan fingerprint density at radius 1 is 1.15 bits per heavy atom. The average Bonchev–Trinajstić information content (AvgIpc) is 3.13. The number of carbonyl (C=O) groups is 1. The van der Waals surface area contributed by atoms with Crippen LogP contribution in [-0.2, 0) is 16.0 Å². The van der Waals surface area contributed by atoms with Crippen molar-refractivity contribution in [1.29, 1.82) is 0 Å². The molecule has 6 heteroatoms. The molecule has 0 atom stereocenters. The summed E-state index contributed by atoms with van der Waals surface area (Å²) in [5, 5.41) is 0. The standard InChI is InChI=1S/C21H20FNO4/c1-15-5-4-6-16(13-15)25-11-12-26-21(24)10-9-20-23-14-19(27-20)17-7-2-3-8-18(17)22/h2-8,13-14H,9-12H2,1H3. The molecule has 0 aliphatic rings. The fourth-order valence-electron chi connectivity index (χ4n) is 2.51. The van der Waals surface area contributed by atoms with Crippen LogP contribution in [0.25, 0.3) is 11.3 Å². The lowest BCUT2D eigenvalue weighted by Gasteiger charge is -2.07. The SMILES string of the molecule is Cc1cccc(OCCOC(=O)CCc2ncc(-c3ccccc3F)o2)c1. The normalized spacial score (nSPS) is 10.6. The van der Waals surface area contributed by atoms with Gasteiger partial charge in [0.2, 0.25) is 0 Å². The quantitative estimate of drug-likeness (QED) is 0.436. The van der Waals surface area contributed by atoms with Crippen molar-refractivity contribution in [3.05, 3.63) is 72.0 Å². The molecule has 0 N–H and O–H groups in total. The number of aromatic nitrogens is 1. The van der Waals surface area contributed by atoms with E-state index in [0.29, 0.717) is 17.2 Å². The molecule has 140 valence electrons. The highest BCUT2D eigenvalue weighted by atomic mass is 19.1. The Morgan fingerprint density at radius 2 is 2.00 bits per heavy atom. The average molecular weight is 369 g/mol. The van der Waals surface area contributed by atoms with Crippen LogP contribution in [0, 0.1) is 12.7 Å². The molecule has 0 aliphatic carbocycles. The van der Waals surface area contributed by atoms with Gasteiger partial charge in [0.25, 0.3) is 0 Å². The zero-order chi connectivity index (χ0) is 19.1. The molecule has 0 spiro atoms. The third-order valence-electron chi connectivity index (χ3n) is 3.84. The van der Waals surface area contributed by atoms with Gasteiger partial charge < -0.3 is 13.9 Å². The van der Waals surface area contributed by atoms with Crippen LogP contribution in [0.15, 0.2) is 59.1 Å². The summed E-state index contributed by atoms with van der Waals surface area (Å²) >= 11 is 0. The van der Waals surface area contributed by atoms with Crippen molar-refractivity contribution in [1.82, 2.24) is 4.98 Å². The molecule has 0 unspecified atom stereocenters. The molecule has 0 fully saturated rings. The van der Waals surface area contributed by atoms with E-state index in [4.69, 9.17) is 13.9 Å². The van der Waals surface area contributed by atoms with Gasteiger partial charge in [0.1, 0.15) is 24.8 Å². The minimum absolute atomic E-state index is 0.127. The Balaban J connectivity index is 1.40. The second-order valence-corrected chi connectivity index (χ2v) is 5.98. The summed E-state index contributed by atoms with van der Waals surface area (Å²) in [6.45, 7) is 2.43. The number of benzene rings is 2. The molecule has 3 rings (SSSR count). The minimum Gasteiger partial charge on any atom is -0.490 e. The number of ether oxygens (including phenoxy) is 2. The number of carbonyl (C=O) groups excluding carboxylic acids is 1. The van der Waals surface area contributed by atoms with E-state index in [1.54, 1.807) is 18.2 Å². The van der Waals surface area contributed by atoms with Crippen LogP contribution in [0.1, 0.15) is 17.9 Å². The van der Waals surface area contributed by atoms with Crippen molar-refractivity contribution in [2.45, 2.75) is 19.8 Å². The van der Waals surface area contributed by atoms with Gasteiger partial charge in [-0.2, -0.15) is 0 Å². The van der Waals surface area contributed by atoms with E-state index < -0.39 is 0 Å². The summed E-state index contributed by atoms with van der Waals surface area (Å²) in [4.78, 5) is 15.9. The summed E-state index contributed by atoms with van der Waals surface area (Å²) in [6.07, 6.45) is 1.86. The van der Waals surface area contributed by atoms with Crippen LogP contribution in [-0.4, -0.2) is 24.2 Å². The number of halogens is 1. The summed E-state index contributed by atoms with van der Waals surface area (Å²) in [5.41, 5.74) is 1.44. The number of oxazole rings is 1. The van der Waals surface area contributed by atoms with Gasteiger partial charge in [-0.05, 0) is 36.8 Å².